The molecular weight excluding hydrogens is 287 g/mol. The highest BCUT2D eigenvalue weighted by atomic mass is 31.2. The Morgan fingerprint density at radius 2 is 1.55 bits per heavy atom. The Kier molecular flexibility index (Phi) is 10.3. The van der Waals surface area contributed by atoms with Crippen LogP contribution in [0.4, 0.5) is 0 Å². The van der Waals surface area contributed by atoms with Crippen LogP contribution in [-0.4, -0.2) is 54.5 Å². The van der Waals surface area contributed by atoms with Gasteiger partial charge in [-0.05, 0) is 20.8 Å². The van der Waals surface area contributed by atoms with E-state index in [9.17, 15) is 4.57 Å². The van der Waals surface area contributed by atoms with E-state index in [1.807, 2.05) is 13.8 Å². The van der Waals surface area contributed by atoms with Crippen LogP contribution in [-0.2, 0) is 23.3 Å². The fourth-order valence-electron chi connectivity index (χ4n) is 1.28. The molecule has 0 fully saturated rings. The number of hydrogen-bond donors (Lipinski definition) is 2. The monoisotopic (exact) mass is 312 g/mol. The third kappa shape index (κ3) is 12.7. The van der Waals surface area contributed by atoms with Gasteiger partial charge in [-0.3, -0.25) is 4.52 Å². The Morgan fingerprint density at radius 3 is 2.05 bits per heavy atom. The molecule has 0 heterocycles. The summed E-state index contributed by atoms with van der Waals surface area (Å²) in [6, 6.07) is 0. The molecule has 3 unspecified atom stereocenters. The zero-order chi connectivity index (χ0) is 15.6. The summed E-state index contributed by atoms with van der Waals surface area (Å²) < 4.78 is 31.2. The lowest BCUT2D eigenvalue weighted by Gasteiger charge is -2.20. The van der Waals surface area contributed by atoms with Crippen LogP contribution in [0.15, 0.2) is 12.7 Å². The molecule has 0 radical (unpaired) electrons. The van der Waals surface area contributed by atoms with Gasteiger partial charge in [0.05, 0.1) is 44.7 Å². The SMILES string of the molecule is C=CCOCC(C)OCC(C)OCC(C)OP(=O)(O)O. The second kappa shape index (κ2) is 10.5. The van der Waals surface area contributed by atoms with Crippen molar-refractivity contribution >= 4 is 7.82 Å². The molecule has 0 bridgehead atoms. The molecule has 7 nitrogen and oxygen atoms in total. The minimum Gasteiger partial charge on any atom is -0.375 e. The first-order chi connectivity index (χ1) is 9.24. The molecule has 2 N–H and O–H groups in total. The van der Waals surface area contributed by atoms with Gasteiger partial charge in [0.25, 0.3) is 0 Å². The second-order valence-corrected chi connectivity index (χ2v) is 5.71. The first-order valence-electron chi connectivity index (χ1n) is 6.40. The number of hydrogen-bond acceptors (Lipinski definition) is 5. The number of phosphoric ester groups is 1. The third-order valence-electron chi connectivity index (χ3n) is 2.14. The van der Waals surface area contributed by atoms with Gasteiger partial charge in [0, 0.05) is 0 Å². The average Bonchev–Trinajstić information content (AvgIpc) is 2.32. The summed E-state index contributed by atoms with van der Waals surface area (Å²) in [5, 5.41) is 0. The molecular formula is C12H25O7P. The van der Waals surface area contributed by atoms with Crippen molar-refractivity contribution in [2.45, 2.75) is 39.1 Å². The Balaban J connectivity index is 3.69. The molecule has 0 saturated heterocycles. The van der Waals surface area contributed by atoms with E-state index in [1.54, 1.807) is 6.08 Å². The minimum absolute atomic E-state index is 0.0650. The van der Waals surface area contributed by atoms with E-state index in [0.717, 1.165) is 0 Å². The van der Waals surface area contributed by atoms with E-state index >= 15 is 0 Å². The minimum atomic E-state index is -4.46. The van der Waals surface area contributed by atoms with Crippen LogP contribution in [0.2, 0.25) is 0 Å². The Morgan fingerprint density at radius 1 is 1.05 bits per heavy atom. The molecule has 8 heteroatoms. The predicted octanol–water partition coefficient (Wildman–Crippen LogP) is 1.50. The van der Waals surface area contributed by atoms with Gasteiger partial charge in [-0.2, -0.15) is 0 Å². The molecule has 120 valence electrons. The first-order valence-corrected chi connectivity index (χ1v) is 7.93. The van der Waals surface area contributed by atoms with Gasteiger partial charge in [0.1, 0.15) is 0 Å². The van der Waals surface area contributed by atoms with Crippen molar-refractivity contribution in [1.82, 2.24) is 0 Å². The summed E-state index contributed by atoms with van der Waals surface area (Å²) in [7, 11) is -4.46. The van der Waals surface area contributed by atoms with Crippen LogP contribution in [0.25, 0.3) is 0 Å². The van der Waals surface area contributed by atoms with Crippen LogP contribution < -0.4 is 0 Å². The lowest BCUT2D eigenvalue weighted by molar-refractivity contribution is -0.0673. The Labute approximate surface area is 120 Å². The van der Waals surface area contributed by atoms with E-state index in [1.165, 1.54) is 6.92 Å². The maximum absolute atomic E-state index is 10.6. The molecule has 3 atom stereocenters. The summed E-state index contributed by atoms with van der Waals surface area (Å²) in [5.41, 5.74) is 0. The standard InChI is InChI=1S/C12H25O7P/c1-5-6-16-7-10(2)17-8-11(3)18-9-12(4)19-20(13,14)15/h5,10-12H,1,6-9H2,2-4H3,(H2,13,14,15). The Bertz CT molecular complexity index is 304. The number of phosphoric acid groups is 1. The molecule has 0 aliphatic heterocycles. The summed E-state index contributed by atoms with van der Waals surface area (Å²) in [4.78, 5) is 17.2. The van der Waals surface area contributed by atoms with Crippen LogP contribution in [0.3, 0.4) is 0 Å². The van der Waals surface area contributed by atoms with Crippen LogP contribution in [0.1, 0.15) is 20.8 Å². The van der Waals surface area contributed by atoms with Gasteiger partial charge in [-0.15, -0.1) is 6.58 Å². The normalized spacial score (nSPS) is 16.6. The topological polar surface area (TPSA) is 94.5 Å². The smallest absolute Gasteiger partial charge is 0.375 e. The number of ether oxygens (including phenoxy) is 3. The highest BCUT2D eigenvalue weighted by molar-refractivity contribution is 7.46. The van der Waals surface area contributed by atoms with Gasteiger partial charge >= 0.3 is 7.82 Å². The van der Waals surface area contributed by atoms with Crippen LogP contribution in [0.5, 0.6) is 0 Å². The van der Waals surface area contributed by atoms with E-state index in [0.29, 0.717) is 19.8 Å². The van der Waals surface area contributed by atoms with Crippen molar-refractivity contribution in [3.05, 3.63) is 12.7 Å². The lowest BCUT2D eigenvalue weighted by Crippen LogP contribution is -2.26. The summed E-state index contributed by atoms with van der Waals surface area (Å²) in [6.45, 7) is 10.2. The highest BCUT2D eigenvalue weighted by Crippen LogP contribution is 2.37. The van der Waals surface area contributed by atoms with Crippen molar-refractivity contribution in [1.29, 1.82) is 0 Å². The van der Waals surface area contributed by atoms with Crippen LogP contribution in [0, 0.1) is 0 Å². The molecule has 20 heavy (non-hydrogen) atoms. The van der Waals surface area contributed by atoms with Gasteiger partial charge in [-0.1, -0.05) is 6.08 Å². The van der Waals surface area contributed by atoms with Gasteiger partial charge in [-0.25, -0.2) is 4.57 Å². The molecule has 0 aliphatic rings. The first kappa shape index (κ1) is 19.7. The van der Waals surface area contributed by atoms with Crippen molar-refractivity contribution in [3.63, 3.8) is 0 Å². The Hall–Kier alpha value is -0.270. The quantitative estimate of drug-likeness (QED) is 0.320. The fourth-order valence-corrected chi connectivity index (χ4v) is 1.81. The maximum Gasteiger partial charge on any atom is 0.469 e. The van der Waals surface area contributed by atoms with Crippen LogP contribution >= 0.6 is 7.82 Å². The zero-order valence-electron chi connectivity index (χ0n) is 12.2. The van der Waals surface area contributed by atoms with Crippen molar-refractivity contribution in [2.75, 3.05) is 26.4 Å². The molecule has 0 aromatic carbocycles. The average molecular weight is 312 g/mol. The lowest BCUT2D eigenvalue weighted by atomic mass is 10.4. The fraction of sp³-hybridized carbons (Fsp3) is 0.833. The molecule has 0 aliphatic carbocycles. The van der Waals surface area contributed by atoms with Crippen molar-refractivity contribution < 1.29 is 33.1 Å². The zero-order valence-corrected chi connectivity index (χ0v) is 13.1. The van der Waals surface area contributed by atoms with E-state index < -0.39 is 13.9 Å². The number of rotatable bonds is 12. The highest BCUT2D eigenvalue weighted by Gasteiger charge is 2.19. The molecule has 0 spiro atoms. The van der Waals surface area contributed by atoms with Crippen molar-refractivity contribution in [2.24, 2.45) is 0 Å². The van der Waals surface area contributed by atoms with E-state index in [-0.39, 0.29) is 18.8 Å². The largest absolute Gasteiger partial charge is 0.469 e. The predicted molar refractivity (Wildman–Crippen MR) is 74.4 cm³/mol. The molecule has 0 saturated carbocycles. The molecule has 0 amide bonds. The third-order valence-corrected chi connectivity index (χ3v) is 2.77. The molecule has 0 aromatic heterocycles. The van der Waals surface area contributed by atoms with Crippen molar-refractivity contribution in [3.8, 4) is 0 Å². The van der Waals surface area contributed by atoms with E-state index in [2.05, 4.69) is 11.1 Å². The summed E-state index contributed by atoms with van der Waals surface area (Å²) >= 11 is 0. The summed E-state index contributed by atoms with van der Waals surface area (Å²) in [5.74, 6) is 0. The van der Waals surface area contributed by atoms with Gasteiger partial charge < -0.3 is 24.0 Å². The van der Waals surface area contributed by atoms with Gasteiger partial charge in [0.2, 0.25) is 0 Å². The summed E-state index contributed by atoms with van der Waals surface area (Å²) in [6.07, 6.45) is 0.706. The van der Waals surface area contributed by atoms with E-state index in [4.69, 9.17) is 24.0 Å². The molecule has 0 rings (SSSR count). The second-order valence-electron chi connectivity index (χ2n) is 4.52. The molecule has 0 aromatic rings. The van der Waals surface area contributed by atoms with Gasteiger partial charge in [0.15, 0.2) is 0 Å². The maximum atomic E-state index is 10.6.